The second kappa shape index (κ2) is 7.77. The number of fused-ring (bicyclic) bond motifs is 1. The molecular weight excluding hydrogens is 433 g/mol. The van der Waals surface area contributed by atoms with Crippen molar-refractivity contribution in [2.45, 2.75) is 57.1 Å². The normalized spacial score (nSPS) is 27.3. The predicted octanol–water partition coefficient (Wildman–Crippen LogP) is 4.56. The number of halogens is 2. The van der Waals surface area contributed by atoms with Crippen molar-refractivity contribution in [2.75, 3.05) is 6.61 Å². The number of carbonyl (C=O) groups excluding carboxylic acids is 2. The molecule has 32 heavy (non-hydrogen) atoms. The third kappa shape index (κ3) is 3.96. The Balaban J connectivity index is 1.08. The minimum atomic E-state index is -0.559. The lowest BCUT2D eigenvalue weighted by atomic mass is 9.38. The van der Waals surface area contributed by atoms with Crippen molar-refractivity contribution >= 4 is 23.3 Å². The Morgan fingerprint density at radius 3 is 2.75 bits per heavy atom. The van der Waals surface area contributed by atoms with Crippen LogP contribution in [-0.2, 0) is 16.0 Å². The fourth-order valence-corrected chi connectivity index (χ4v) is 5.66. The van der Waals surface area contributed by atoms with Crippen LogP contribution >= 0.6 is 11.6 Å². The molecule has 0 aromatic heterocycles. The average Bonchev–Trinajstić information content (AvgIpc) is 2.71. The van der Waals surface area contributed by atoms with Gasteiger partial charge in [-0.3, -0.25) is 9.59 Å². The van der Waals surface area contributed by atoms with Gasteiger partial charge in [-0.05, 0) is 92.0 Å². The molecule has 4 aliphatic rings. The number of benzene rings is 2. The van der Waals surface area contributed by atoms with Crippen LogP contribution < -0.4 is 14.8 Å². The quantitative estimate of drug-likeness (QED) is 0.662. The number of ether oxygens (including phenoxy) is 2. The number of hydrogen-bond donors (Lipinski definition) is 1. The van der Waals surface area contributed by atoms with Gasteiger partial charge in [-0.25, -0.2) is 4.39 Å². The maximum atomic E-state index is 13.4. The van der Waals surface area contributed by atoms with E-state index in [4.69, 9.17) is 21.1 Å². The fourth-order valence-electron chi connectivity index (χ4n) is 5.54. The van der Waals surface area contributed by atoms with Crippen molar-refractivity contribution < 1.29 is 23.5 Å². The molecule has 0 unspecified atom stereocenters. The lowest BCUT2D eigenvalue weighted by Crippen LogP contribution is -2.75. The number of Topliss-reactive ketones (excluding diaryl/α,β-unsaturated/α-hetero) is 1. The largest absolute Gasteiger partial charge is 0.486 e. The van der Waals surface area contributed by atoms with E-state index in [1.807, 2.05) is 13.0 Å². The molecular formula is C25H25ClFNO4. The van der Waals surface area contributed by atoms with Gasteiger partial charge in [0.05, 0.1) is 0 Å². The standard InChI is InChI=1S/C25H25ClFNO4/c1-15-8-19(4-5-20(15)26)31-11-18(29)10-24-12-25(13-24,14-24)28-23(30)22-6-2-16-9-17(27)3-7-21(16)32-22/h3-5,7-9,22H,2,6,10-14H2,1H3,(H,28,30)/t22-,24?,25?/m0/s1. The number of nitrogens with one attached hydrogen (secondary N) is 1. The zero-order valence-corrected chi connectivity index (χ0v) is 18.6. The van der Waals surface area contributed by atoms with E-state index >= 15 is 0 Å². The van der Waals surface area contributed by atoms with Gasteiger partial charge in [0.1, 0.15) is 23.9 Å². The molecule has 2 aromatic rings. The van der Waals surface area contributed by atoms with E-state index in [0.717, 1.165) is 30.4 Å². The van der Waals surface area contributed by atoms with Crippen LogP contribution in [0.3, 0.4) is 0 Å². The van der Waals surface area contributed by atoms with Crippen molar-refractivity contribution in [3.8, 4) is 11.5 Å². The first-order chi connectivity index (χ1) is 15.2. The first-order valence-corrected chi connectivity index (χ1v) is 11.3. The summed E-state index contributed by atoms with van der Waals surface area (Å²) >= 11 is 6.01. The van der Waals surface area contributed by atoms with Crippen LogP contribution in [0.5, 0.6) is 11.5 Å². The Hall–Kier alpha value is -2.60. The van der Waals surface area contributed by atoms with Gasteiger partial charge < -0.3 is 14.8 Å². The molecule has 6 rings (SSSR count). The van der Waals surface area contributed by atoms with E-state index < -0.39 is 6.10 Å². The molecule has 7 heteroatoms. The highest BCUT2D eigenvalue weighted by molar-refractivity contribution is 6.31. The number of aryl methyl sites for hydroxylation is 2. The molecule has 3 fully saturated rings. The van der Waals surface area contributed by atoms with Crippen LogP contribution in [-0.4, -0.2) is 29.9 Å². The summed E-state index contributed by atoms with van der Waals surface area (Å²) in [5, 5.41) is 3.81. The monoisotopic (exact) mass is 457 g/mol. The lowest BCUT2D eigenvalue weighted by molar-refractivity contribution is -0.175. The van der Waals surface area contributed by atoms with Gasteiger partial charge in [0, 0.05) is 17.0 Å². The van der Waals surface area contributed by atoms with E-state index in [9.17, 15) is 14.0 Å². The summed E-state index contributed by atoms with van der Waals surface area (Å²) in [5.41, 5.74) is 1.48. The van der Waals surface area contributed by atoms with E-state index in [0.29, 0.717) is 35.8 Å². The highest BCUT2D eigenvalue weighted by Crippen LogP contribution is 2.69. The topological polar surface area (TPSA) is 64.6 Å². The highest BCUT2D eigenvalue weighted by atomic mass is 35.5. The molecule has 0 spiro atoms. The number of hydrogen-bond acceptors (Lipinski definition) is 4. The van der Waals surface area contributed by atoms with Gasteiger partial charge >= 0.3 is 0 Å². The van der Waals surface area contributed by atoms with Crippen molar-refractivity contribution in [1.29, 1.82) is 0 Å². The summed E-state index contributed by atoms with van der Waals surface area (Å²) in [4.78, 5) is 25.2. The summed E-state index contributed by atoms with van der Waals surface area (Å²) in [6.07, 6.45) is 3.49. The van der Waals surface area contributed by atoms with Crippen molar-refractivity contribution in [3.63, 3.8) is 0 Å². The minimum Gasteiger partial charge on any atom is -0.486 e. The zero-order chi connectivity index (χ0) is 22.5. The Bertz CT molecular complexity index is 1080. The van der Waals surface area contributed by atoms with E-state index in [1.165, 1.54) is 12.1 Å². The molecule has 1 amide bonds. The minimum absolute atomic E-state index is 0.0127. The third-order valence-corrected chi connectivity index (χ3v) is 7.31. The highest BCUT2D eigenvalue weighted by Gasteiger charge is 2.68. The summed E-state index contributed by atoms with van der Waals surface area (Å²) in [6.45, 7) is 1.93. The summed E-state index contributed by atoms with van der Waals surface area (Å²) in [6, 6.07) is 9.73. The SMILES string of the molecule is Cc1cc(OCC(=O)CC23CC(NC(=O)[C@@H]4CCc5cc(F)ccc5O4)(C2)C3)ccc1Cl. The van der Waals surface area contributed by atoms with Crippen LogP contribution in [0.1, 0.15) is 43.2 Å². The third-order valence-electron chi connectivity index (χ3n) is 6.89. The van der Waals surface area contributed by atoms with Gasteiger partial charge in [0.15, 0.2) is 11.9 Å². The molecule has 5 nitrogen and oxygen atoms in total. The van der Waals surface area contributed by atoms with Gasteiger partial charge in [0.2, 0.25) is 0 Å². The van der Waals surface area contributed by atoms with Crippen LogP contribution in [0.4, 0.5) is 4.39 Å². The molecule has 2 aromatic carbocycles. The molecule has 168 valence electrons. The first kappa shape index (κ1) is 21.3. The average molecular weight is 458 g/mol. The Labute approximate surface area is 191 Å². The summed E-state index contributed by atoms with van der Waals surface area (Å²) in [5.74, 6) is 0.863. The summed E-state index contributed by atoms with van der Waals surface area (Å²) in [7, 11) is 0. The Kier molecular flexibility index (Phi) is 5.16. The van der Waals surface area contributed by atoms with Crippen molar-refractivity contribution in [3.05, 3.63) is 58.4 Å². The molecule has 1 atom stereocenters. The number of ketones is 1. The van der Waals surface area contributed by atoms with Gasteiger partial charge in [-0.2, -0.15) is 0 Å². The van der Waals surface area contributed by atoms with Crippen molar-refractivity contribution in [2.24, 2.45) is 5.41 Å². The van der Waals surface area contributed by atoms with Gasteiger partial charge in [-0.1, -0.05) is 11.6 Å². The number of carbonyl (C=O) groups is 2. The van der Waals surface area contributed by atoms with E-state index in [1.54, 1.807) is 18.2 Å². The molecule has 2 bridgehead atoms. The van der Waals surface area contributed by atoms with E-state index in [-0.39, 0.29) is 35.1 Å². The molecule has 1 aliphatic heterocycles. The Morgan fingerprint density at radius 2 is 2.00 bits per heavy atom. The van der Waals surface area contributed by atoms with Crippen molar-refractivity contribution in [1.82, 2.24) is 5.32 Å². The maximum Gasteiger partial charge on any atom is 0.261 e. The number of amides is 1. The smallest absolute Gasteiger partial charge is 0.261 e. The van der Waals surface area contributed by atoms with Crippen LogP contribution in [0.15, 0.2) is 36.4 Å². The fraction of sp³-hybridized carbons (Fsp3) is 0.440. The molecule has 1 N–H and O–H groups in total. The van der Waals surface area contributed by atoms with Crippen LogP contribution in [0.2, 0.25) is 5.02 Å². The summed E-state index contributed by atoms with van der Waals surface area (Å²) < 4.78 is 24.8. The number of rotatable bonds is 7. The second-order valence-electron chi connectivity index (χ2n) is 9.61. The lowest BCUT2D eigenvalue weighted by Gasteiger charge is -2.70. The van der Waals surface area contributed by atoms with Crippen LogP contribution in [0.25, 0.3) is 0 Å². The van der Waals surface area contributed by atoms with Gasteiger partial charge in [0.25, 0.3) is 5.91 Å². The Morgan fingerprint density at radius 1 is 1.22 bits per heavy atom. The molecule has 3 aliphatic carbocycles. The zero-order valence-electron chi connectivity index (χ0n) is 17.9. The second-order valence-corrected chi connectivity index (χ2v) is 10.0. The van der Waals surface area contributed by atoms with E-state index in [2.05, 4.69) is 5.32 Å². The maximum absolute atomic E-state index is 13.4. The predicted molar refractivity (Wildman–Crippen MR) is 118 cm³/mol. The first-order valence-electron chi connectivity index (χ1n) is 10.9. The molecule has 0 saturated heterocycles. The molecule has 1 heterocycles. The molecule has 3 saturated carbocycles. The van der Waals surface area contributed by atoms with Gasteiger partial charge in [-0.15, -0.1) is 0 Å². The van der Waals surface area contributed by atoms with Crippen LogP contribution in [0, 0.1) is 18.2 Å². The molecule has 0 radical (unpaired) electrons.